The molecule has 3 heterocycles. The Labute approximate surface area is 160 Å². The third-order valence-electron chi connectivity index (χ3n) is 5.55. The second-order valence-electron chi connectivity index (χ2n) is 7.53. The Morgan fingerprint density at radius 1 is 1.15 bits per heavy atom. The fourth-order valence-electron chi connectivity index (χ4n) is 3.92. The first-order valence-corrected chi connectivity index (χ1v) is 11.2. The van der Waals surface area contributed by atoms with E-state index < -0.39 is 15.6 Å². The first-order chi connectivity index (χ1) is 12.9. The Kier molecular flexibility index (Phi) is 4.96. The van der Waals surface area contributed by atoms with E-state index >= 15 is 0 Å². The van der Waals surface area contributed by atoms with Crippen LogP contribution in [0, 0.1) is 0 Å². The molecule has 2 aliphatic rings. The lowest BCUT2D eigenvalue weighted by molar-refractivity contribution is -0.00627. The Balaban J connectivity index is 1.48. The molecule has 0 aliphatic carbocycles. The molecule has 1 aromatic heterocycles. The molecule has 4 rings (SSSR count). The molecule has 1 aromatic carbocycles. The molecule has 0 atom stereocenters. The topological polar surface area (TPSA) is 67.7 Å². The van der Waals surface area contributed by atoms with Crippen molar-refractivity contribution in [2.75, 3.05) is 32.4 Å². The molecule has 0 bridgehead atoms. The number of likely N-dealkylation sites (tertiary alicyclic amines) is 1. The fourth-order valence-corrected chi connectivity index (χ4v) is 4.77. The fraction of sp³-hybridized carbons (Fsp3) is 0.526. The molecule has 8 heteroatoms. The summed E-state index contributed by atoms with van der Waals surface area (Å²) in [5, 5.41) is 4.25. The number of fused-ring (bicyclic) bond motifs is 1. The minimum atomic E-state index is -3.29. The van der Waals surface area contributed by atoms with E-state index in [-0.39, 0.29) is 0 Å². The van der Waals surface area contributed by atoms with E-state index in [1.54, 1.807) is 10.5 Å². The van der Waals surface area contributed by atoms with Gasteiger partial charge in [-0.15, -0.1) is 0 Å². The number of hydrogen-bond donors (Lipinski definition) is 0. The Hall–Kier alpha value is -1.90. The molecule has 1 fully saturated rings. The van der Waals surface area contributed by atoms with E-state index in [4.69, 9.17) is 4.74 Å². The van der Waals surface area contributed by atoms with Gasteiger partial charge in [-0.25, -0.2) is 8.42 Å². The third kappa shape index (κ3) is 4.17. The summed E-state index contributed by atoms with van der Waals surface area (Å²) in [5.41, 5.74) is 0.471. The van der Waals surface area contributed by atoms with E-state index in [1.165, 1.54) is 6.26 Å². The van der Waals surface area contributed by atoms with Crippen molar-refractivity contribution >= 4 is 10.0 Å². The van der Waals surface area contributed by atoms with Gasteiger partial charge in [0.25, 0.3) is 0 Å². The second kappa shape index (κ2) is 7.26. The maximum Gasteiger partial charge on any atom is 0.211 e. The maximum absolute atomic E-state index is 12.3. The highest BCUT2D eigenvalue weighted by Gasteiger charge is 2.42. The molecule has 1 spiro atoms. The number of hydrogen-bond acceptors (Lipinski definition) is 5. The normalized spacial score (nSPS) is 20.8. The van der Waals surface area contributed by atoms with Gasteiger partial charge in [-0.05, 0) is 12.1 Å². The zero-order chi connectivity index (χ0) is 18.9. The quantitative estimate of drug-likeness (QED) is 0.793. The molecule has 0 radical (unpaired) electrons. The monoisotopic (exact) mass is 390 g/mol. The summed E-state index contributed by atoms with van der Waals surface area (Å²) in [6.45, 7) is 4.36. The van der Waals surface area contributed by atoms with Crippen LogP contribution in [0.3, 0.4) is 0 Å². The molecule has 0 amide bonds. The molecule has 0 unspecified atom stereocenters. The van der Waals surface area contributed by atoms with Crippen LogP contribution in [0.5, 0.6) is 5.75 Å². The summed E-state index contributed by atoms with van der Waals surface area (Å²) in [6, 6.07) is 9.71. The van der Waals surface area contributed by atoms with Crippen LogP contribution in [0.2, 0.25) is 0 Å². The van der Waals surface area contributed by atoms with Crippen molar-refractivity contribution < 1.29 is 13.2 Å². The van der Waals surface area contributed by atoms with Crippen molar-refractivity contribution in [2.24, 2.45) is 0 Å². The van der Waals surface area contributed by atoms with Crippen LogP contribution in [0.25, 0.3) is 0 Å². The van der Waals surface area contributed by atoms with Gasteiger partial charge in [-0.2, -0.15) is 9.40 Å². The summed E-state index contributed by atoms with van der Waals surface area (Å²) in [4.78, 5) is 2.40. The maximum atomic E-state index is 12.3. The zero-order valence-electron chi connectivity index (χ0n) is 15.6. The van der Waals surface area contributed by atoms with Gasteiger partial charge in [0.2, 0.25) is 10.0 Å². The van der Waals surface area contributed by atoms with E-state index in [1.807, 2.05) is 41.2 Å². The first-order valence-electron chi connectivity index (χ1n) is 9.35. The highest BCUT2D eigenvalue weighted by molar-refractivity contribution is 7.88. The Bertz CT molecular complexity index is 874. The van der Waals surface area contributed by atoms with E-state index in [0.29, 0.717) is 13.1 Å². The molecule has 2 aromatic rings. The van der Waals surface area contributed by atoms with Gasteiger partial charge < -0.3 is 9.64 Å². The summed E-state index contributed by atoms with van der Waals surface area (Å²) >= 11 is 0. The number of rotatable bonds is 4. The number of aromatic nitrogens is 2. The highest BCUT2D eigenvalue weighted by atomic mass is 32.2. The summed E-state index contributed by atoms with van der Waals surface area (Å²) < 4.78 is 34.6. The molecule has 27 heavy (non-hydrogen) atoms. The van der Waals surface area contributed by atoms with Crippen molar-refractivity contribution in [3.8, 4) is 5.75 Å². The lowest BCUT2D eigenvalue weighted by Gasteiger charge is -2.42. The molecule has 0 saturated carbocycles. The number of para-hydroxylation sites is 1. The van der Waals surface area contributed by atoms with Crippen LogP contribution in [-0.2, 0) is 23.1 Å². The molecular weight excluding hydrogens is 364 g/mol. The van der Waals surface area contributed by atoms with Gasteiger partial charge in [-0.3, -0.25) is 4.68 Å². The highest BCUT2D eigenvalue weighted by Crippen LogP contribution is 2.36. The SMILES string of the molecule is CS(=O)(=O)N1Cc2ccccc2OC2(CCN(CCn3cccn3)CC2)C1. The third-order valence-corrected chi connectivity index (χ3v) is 6.75. The van der Waals surface area contributed by atoms with E-state index in [2.05, 4.69) is 10.00 Å². The average Bonchev–Trinajstić information content (AvgIpc) is 3.09. The van der Waals surface area contributed by atoms with Gasteiger partial charge >= 0.3 is 0 Å². The van der Waals surface area contributed by atoms with E-state index in [9.17, 15) is 8.42 Å². The van der Waals surface area contributed by atoms with Crippen LogP contribution in [0.4, 0.5) is 0 Å². The number of ether oxygens (including phenoxy) is 1. The van der Waals surface area contributed by atoms with Gasteiger partial charge in [0.1, 0.15) is 11.4 Å². The minimum Gasteiger partial charge on any atom is -0.485 e. The predicted octanol–water partition coefficient (Wildman–Crippen LogP) is 1.57. The number of piperidine rings is 1. The largest absolute Gasteiger partial charge is 0.485 e. The standard InChI is InChI=1S/C19H26N4O3S/c1-27(24,25)23-15-17-5-2-3-6-18(17)26-19(16-23)7-11-21(12-8-19)13-14-22-10-4-9-20-22/h2-6,9-10H,7-8,11-16H2,1H3. The van der Waals surface area contributed by atoms with Gasteiger partial charge in [0, 0.05) is 57.0 Å². The van der Waals surface area contributed by atoms with Gasteiger partial charge in [-0.1, -0.05) is 18.2 Å². The van der Waals surface area contributed by atoms with Gasteiger partial charge in [0.15, 0.2) is 0 Å². The molecule has 146 valence electrons. The summed E-state index contributed by atoms with van der Waals surface area (Å²) in [6.07, 6.45) is 6.68. The van der Waals surface area contributed by atoms with Crippen molar-refractivity contribution in [1.29, 1.82) is 0 Å². The summed E-state index contributed by atoms with van der Waals surface area (Å²) in [7, 11) is -3.29. The zero-order valence-corrected chi connectivity index (χ0v) is 16.4. The minimum absolute atomic E-state index is 0.375. The van der Waals surface area contributed by atoms with Crippen LogP contribution in [0.1, 0.15) is 18.4 Å². The molecule has 0 N–H and O–H groups in total. The molecule has 1 saturated heterocycles. The first kappa shape index (κ1) is 18.5. The predicted molar refractivity (Wildman–Crippen MR) is 103 cm³/mol. The molecule has 7 nitrogen and oxygen atoms in total. The molecule has 2 aliphatic heterocycles. The van der Waals surface area contributed by atoms with Crippen molar-refractivity contribution in [3.05, 3.63) is 48.3 Å². The Morgan fingerprint density at radius 3 is 2.63 bits per heavy atom. The van der Waals surface area contributed by atoms with E-state index in [0.717, 1.165) is 50.3 Å². The van der Waals surface area contributed by atoms with Gasteiger partial charge in [0.05, 0.1) is 19.3 Å². The van der Waals surface area contributed by atoms with Crippen molar-refractivity contribution in [3.63, 3.8) is 0 Å². The van der Waals surface area contributed by atoms with Crippen molar-refractivity contribution in [1.82, 2.24) is 19.0 Å². The van der Waals surface area contributed by atoms with Crippen LogP contribution in [0.15, 0.2) is 42.7 Å². The Morgan fingerprint density at radius 2 is 1.93 bits per heavy atom. The van der Waals surface area contributed by atoms with Crippen LogP contribution >= 0.6 is 0 Å². The number of benzene rings is 1. The lowest BCUT2D eigenvalue weighted by Crippen LogP contribution is -2.54. The lowest BCUT2D eigenvalue weighted by atomic mass is 9.91. The van der Waals surface area contributed by atoms with Crippen LogP contribution < -0.4 is 4.74 Å². The smallest absolute Gasteiger partial charge is 0.211 e. The molecular formula is C19H26N4O3S. The second-order valence-corrected chi connectivity index (χ2v) is 9.52. The van der Waals surface area contributed by atoms with Crippen molar-refractivity contribution in [2.45, 2.75) is 31.5 Å². The number of nitrogens with zero attached hydrogens (tertiary/aromatic N) is 4. The van der Waals surface area contributed by atoms with Crippen LogP contribution in [-0.4, -0.2) is 65.4 Å². The average molecular weight is 391 g/mol. The number of sulfonamides is 1. The summed E-state index contributed by atoms with van der Waals surface area (Å²) in [5.74, 6) is 0.814.